The Balaban J connectivity index is 1.61. The summed E-state index contributed by atoms with van der Waals surface area (Å²) in [6.45, 7) is 0.719. The number of hydrogen-bond donors (Lipinski definition) is 1. The number of fused-ring (bicyclic) bond motifs is 2. The van der Waals surface area contributed by atoms with Gasteiger partial charge in [-0.1, -0.05) is 6.07 Å². The van der Waals surface area contributed by atoms with Crippen molar-refractivity contribution in [1.82, 2.24) is 4.57 Å². The lowest BCUT2D eigenvalue weighted by Crippen LogP contribution is -2.12. The summed E-state index contributed by atoms with van der Waals surface area (Å²) in [4.78, 5) is 12.4. The molecule has 1 aromatic heterocycles. The van der Waals surface area contributed by atoms with Crippen molar-refractivity contribution in [3.63, 3.8) is 0 Å². The standard InChI is InChI=1S/C18H16N2O2/c1-20-8-6-12-2-3-14(11-16(12)20)18(21)19-15-4-5-17-13(10-15)7-9-22-17/h2-6,8,10-11H,7,9H2,1H3,(H,19,21). The fraction of sp³-hybridized carbons (Fsp3) is 0.167. The molecule has 0 atom stereocenters. The molecule has 0 saturated heterocycles. The number of carbonyl (C=O) groups is 1. The lowest BCUT2D eigenvalue weighted by Gasteiger charge is -2.07. The quantitative estimate of drug-likeness (QED) is 0.787. The van der Waals surface area contributed by atoms with Crippen LogP contribution in [-0.4, -0.2) is 17.1 Å². The number of rotatable bonds is 2. The molecule has 4 nitrogen and oxygen atoms in total. The summed E-state index contributed by atoms with van der Waals surface area (Å²) in [7, 11) is 1.98. The summed E-state index contributed by atoms with van der Waals surface area (Å²) in [5.41, 5.74) is 3.66. The molecule has 1 aliphatic heterocycles. The van der Waals surface area contributed by atoms with Gasteiger partial charge in [0, 0.05) is 36.4 Å². The maximum atomic E-state index is 12.4. The minimum Gasteiger partial charge on any atom is -0.493 e. The van der Waals surface area contributed by atoms with Crippen molar-refractivity contribution in [3.8, 4) is 5.75 Å². The highest BCUT2D eigenvalue weighted by molar-refractivity contribution is 6.06. The first kappa shape index (κ1) is 13.0. The van der Waals surface area contributed by atoms with Gasteiger partial charge in [0.15, 0.2) is 0 Å². The second-order valence-corrected chi connectivity index (χ2v) is 5.58. The van der Waals surface area contributed by atoms with E-state index in [2.05, 4.69) is 5.32 Å². The largest absolute Gasteiger partial charge is 0.493 e. The van der Waals surface area contributed by atoms with Gasteiger partial charge >= 0.3 is 0 Å². The summed E-state index contributed by atoms with van der Waals surface area (Å²) < 4.78 is 7.49. The summed E-state index contributed by atoms with van der Waals surface area (Å²) in [5.74, 6) is 0.824. The molecule has 1 aliphatic rings. The zero-order valence-corrected chi connectivity index (χ0v) is 12.3. The van der Waals surface area contributed by atoms with E-state index in [9.17, 15) is 4.79 Å². The van der Waals surface area contributed by atoms with E-state index in [1.165, 1.54) is 0 Å². The molecule has 2 aromatic carbocycles. The molecule has 0 fully saturated rings. The second kappa shape index (κ2) is 4.91. The van der Waals surface area contributed by atoms with Crippen LogP contribution in [0.4, 0.5) is 5.69 Å². The van der Waals surface area contributed by atoms with Crippen molar-refractivity contribution >= 4 is 22.5 Å². The molecular formula is C18H16N2O2. The molecule has 0 bridgehead atoms. The first-order valence-corrected chi connectivity index (χ1v) is 7.33. The number of aryl methyl sites for hydroxylation is 1. The van der Waals surface area contributed by atoms with E-state index < -0.39 is 0 Å². The Morgan fingerprint density at radius 2 is 2.09 bits per heavy atom. The van der Waals surface area contributed by atoms with E-state index >= 15 is 0 Å². The van der Waals surface area contributed by atoms with Crippen LogP contribution >= 0.6 is 0 Å². The zero-order valence-electron chi connectivity index (χ0n) is 12.3. The first-order chi connectivity index (χ1) is 10.7. The van der Waals surface area contributed by atoms with Gasteiger partial charge in [0.1, 0.15) is 5.75 Å². The van der Waals surface area contributed by atoms with Crippen LogP contribution in [0.1, 0.15) is 15.9 Å². The number of benzene rings is 2. The van der Waals surface area contributed by atoms with E-state index in [1.807, 2.05) is 60.3 Å². The third-order valence-corrected chi connectivity index (χ3v) is 4.10. The number of anilines is 1. The van der Waals surface area contributed by atoms with Crippen LogP contribution in [-0.2, 0) is 13.5 Å². The van der Waals surface area contributed by atoms with Crippen LogP contribution in [0.15, 0.2) is 48.7 Å². The van der Waals surface area contributed by atoms with Gasteiger partial charge in [0.05, 0.1) is 6.61 Å². The van der Waals surface area contributed by atoms with E-state index in [0.29, 0.717) is 5.56 Å². The molecule has 0 radical (unpaired) electrons. The van der Waals surface area contributed by atoms with Crippen LogP contribution < -0.4 is 10.1 Å². The van der Waals surface area contributed by atoms with Gasteiger partial charge in [0.2, 0.25) is 0 Å². The molecule has 1 N–H and O–H groups in total. The normalized spacial score (nSPS) is 13.0. The number of ether oxygens (including phenoxy) is 1. The van der Waals surface area contributed by atoms with Crippen molar-refractivity contribution in [3.05, 3.63) is 59.8 Å². The maximum absolute atomic E-state index is 12.4. The Labute approximate surface area is 128 Å². The molecule has 110 valence electrons. The summed E-state index contributed by atoms with van der Waals surface area (Å²) in [6.07, 6.45) is 2.89. The van der Waals surface area contributed by atoms with Gasteiger partial charge < -0.3 is 14.6 Å². The Bertz CT molecular complexity index is 880. The number of aromatic nitrogens is 1. The van der Waals surface area contributed by atoms with Gasteiger partial charge in [0.25, 0.3) is 5.91 Å². The molecule has 22 heavy (non-hydrogen) atoms. The average molecular weight is 292 g/mol. The van der Waals surface area contributed by atoms with Gasteiger partial charge in [-0.3, -0.25) is 4.79 Å². The predicted molar refractivity (Wildman–Crippen MR) is 86.5 cm³/mol. The second-order valence-electron chi connectivity index (χ2n) is 5.58. The lowest BCUT2D eigenvalue weighted by atomic mass is 10.1. The number of amides is 1. The molecule has 0 aliphatic carbocycles. The Kier molecular flexibility index (Phi) is 2.89. The third-order valence-electron chi connectivity index (χ3n) is 4.10. The molecular weight excluding hydrogens is 276 g/mol. The summed E-state index contributed by atoms with van der Waals surface area (Å²) in [6, 6.07) is 13.6. The molecule has 2 heterocycles. The van der Waals surface area contributed by atoms with Gasteiger partial charge in [-0.15, -0.1) is 0 Å². The van der Waals surface area contributed by atoms with Gasteiger partial charge in [-0.05, 0) is 47.3 Å². The number of hydrogen-bond acceptors (Lipinski definition) is 2. The molecule has 0 saturated carbocycles. The van der Waals surface area contributed by atoms with E-state index in [-0.39, 0.29) is 5.91 Å². The molecule has 4 rings (SSSR count). The van der Waals surface area contributed by atoms with Crippen molar-refractivity contribution in [2.75, 3.05) is 11.9 Å². The van der Waals surface area contributed by atoms with Gasteiger partial charge in [-0.2, -0.15) is 0 Å². The Morgan fingerprint density at radius 3 is 3.00 bits per heavy atom. The summed E-state index contributed by atoms with van der Waals surface area (Å²) >= 11 is 0. The maximum Gasteiger partial charge on any atom is 0.255 e. The highest BCUT2D eigenvalue weighted by Crippen LogP contribution is 2.28. The van der Waals surface area contributed by atoms with Crippen molar-refractivity contribution < 1.29 is 9.53 Å². The van der Waals surface area contributed by atoms with Crippen molar-refractivity contribution in [2.24, 2.45) is 7.05 Å². The SMILES string of the molecule is Cn1ccc2ccc(C(=O)Nc3ccc4c(c3)CCO4)cc21. The van der Waals surface area contributed by atoms with Gasteiger partial charge in [-0.25, -0.2) is 0 Å². The fourth-order valence-corrected chi connectivity index (χ4v) is 2.87. The van der Waals surface area contributed by atoms with E-state index in [1.54, 1.807) is 0 Å². The summed E-state index contributed by atoms with van der Waals surface area (Å²) in [5, 5.41) is 4.09. The smallest absolute Gasteiger partial charge is 0.255 e. The van der Waals surface area contributed by atoms with E-state index in [0.717, 1.165) is 40.9 Å². The molecule has 4 heteroatoms. The Morgan fingerprint density at radius 1 is 1.18 bits per heavy atom. The van der Waals surface area contributed by atoms with Crippen LogP contribution in [0.5, 0.6) is 5.75 Å². The minimum atomic E-state index is -0.0954. The molecule has 0 unspecified atom stereocenters. The highest BCUT2D eigenvalue weighted by atomic mass is 16.5. The minimum absolute atomic E-state index is 0.0954. The number of nitrogens with zero attached hydrogens (tertiary/aromatic N) is 1. The Hall–Kier alpha value is -2.75. The third kappa shape index (κ3) is 2.13. The van der Waals surface area contributed by atoms with Crippen molar-refractivity contribution in [1.29, 1.82) is 0 Å². The van der Waals surface area contributed by atoms with Crippen LogP contribution in [0.25, 0.3) is 10.9 Å². The van der Waals surface area contributed by atoms with Crippen LogP contribution in [0.2, 0.25) is 0 Å². The number of nitrogens with one attached hydrogen (secondary N) is 1. The average Bonchev–Trinajstić information content (AvgIpc) is 3.13. The van der Waals surface area contributed by atoms with Crippen LogP contribution in [0.3, 0.4) is 0 Å². The monoisotopic (exact) mass is 292 g/mol. The topological polar surface area (TPSA) is 43.3 Å². The highest BCUT2D eigenvalue weighted by Gasteiger charge is 2.14. The fourth-order valence-electron chi connectivity index (χ4n) is 2.87. The first-order valence-electron chi connectivity index (χ1n) is 7.33. The lowest BCUT2D eigenvalue weighted by molar-refractivity contribution is 0.102. The molecule has 0 spiro atoms. The van der Waals surface area contributed by atoms with Crippen LogP contribution in [0, 0.1) is 0 Å². The molecule has 1 amide bonds. The number of carbonyl (C=O) groups excluding carboxylic acids is 1. The van der Waals surface area contributed by atoms with Crippen molar-refractivity contribution in [2.45, 2.75) is 6.42 Å². The zero-order chi connectivity index (χ0) is 15.1. The predicted octanol–water partition coefficient (Wildman–Crippen LogP) is 3.37. The van der Waals surface area contributed by atoms with E-state index in [4.69, 9.17) is 4.74 Å². The molecule has 3 aromatic rings.